The summed E-state index contributed by atoms with van der Waals surface area (Å²) in [6, 6.07) is 15.3. The molecule has 46 heavy (non-hydrogen) atoms. The number of ether oxygens (including phenoxy) is 1. The third-order valence-electron chi connectivity index (χ3n) is 8.13. The first-order valence-corrected chi connectivity index (χ1v) is 14.2. The smallest absolute Gasteiger partial charge is 0.417 e. The summed E-state index contributed by atoms with van der Waals surface area (Å²) in [5.74, 6) is -0.736. The van der Waals surface area contributed by atoms with E-state index in [0.29, 0.717) is 16.8 Å². The van der Waals surface area contributed by atoms with E-state index in [1.807, 2.05) is 6.07 Å². The fourth-order valence-electron chi connectivity index (χ4n) is 6.64. The Kier molecular flexibility index (Phi) is 7.37. The Balaban J connectivity index is 1.66. The molecule has 0 spiro atoms. The predicted molar refractivity (Wildman–Crippen MR) is 157 cm³/mol. The molecule has 6 rings (SSSR count). The maximum Gasteiger partial charge on any atom is 0.417 e. The molecule has 0 saturated heterocycles. The molecule has 0 fully saturated rings. The van der Waals surface area contributed by atoms with Gasteiger partial charge in [-0.15, -0.1) is 0 Å². The lowest BCUT2D eigenvalue weighted by Crippen LogP contribution is -2.22. The van der Waals surface area contributed by atoms with Crippen molar-refractivity contribution in [3.63, 3.8) is 0 Å². The quantitative estimate of drug-likeness (QED) is 0.0613. The number of alkyl halides is 9. The van der Waals surface area contributed by atoms with Gasteiger partial charge in [-0.3, -0.25) is 4.79 Å². The SMILES string of the molecule is Cc1cc(C)cc(OC(=O)CCCc2c(C(F)(F)F)c(C(F)(F)F)c3c4cccc5cccc(c6ccc(C(F)(F)F)c2c63)c54)c1. The van der Waals surface area contributed by atoms with Crippen molar-refractivity contribution in [2.45, 2.75) is 51.6 Å². The highest BCUT2D eigenvalue weighted by Gasteiger charge is 2.48. The van der Waals surface area contributed by atoms with Crippen LogP contribution in [-0.2, 0) is 29.7 Å². The van der Waals surface area contributed by atoms with Crippen molar-refractivity contribution in [2.24, 2.45) is 0 Å². The molecule has 0 bridgehead atoms. The van der Waals surface area contributed by atoms with Crippen molar-refractivity contribution in [3.05, 3.63) is 100 Å². The van der Waals surface area contributed by atoms with Gasteiger partial charge in [0, 0.05) is 11.8 Å². The molecule has 0 aliphatic rings. The van der Waals surface area contributed by atoms with E-state index in [9.17, 15) is 44.3 Å². The van der Waals surface area contributed by atoms with Crippen LogP contribution in [0.4, 0.5) is 39.5 Å². The highest BCUT2D eigenvalue weighted by molar-refractivity contribution is 6.34. The number of rotatable bonds is 5. The molecule has 0 saturated carbocycles. The molecule has 0 aliphatic heterocycles. The first-order valence-electron chi connectivity index (χ1n) is 14.2. The molecule has 0 atom stereocenters. The first-order chi connectivity index (χ1) is 21.5. The Bertz CT molecular complexity index is 2130. The third-order valence-corrected chi connectivity index (χ3v) is 8.13. The van der Waals surface area contributed by atoms with Crippen molar-refractivity contribution in [1.29, 1.82) is 0 Å². The number of aryl methyl sites for hydroxylation is 3. The molecule has 6 aromatic carbocycles. The summed E-state index contributed by atoms with van der Waals surface area (Å²) in [5, 5.41) is -1.83. The molecule has 0 aromatic heterocycles. The Morgan fingerprint density at radius 1 is 0.630 bits per heavy atom. The van der Waals surface area contributed by atoms with Gasteiger partial charge in [0.05, 0.1) is 16.7 Å². The number of hydrogen-bond donors (Lipinski definition) is 0. The van der Waals surface area contributed by atoms with Crippen LogP contribution in [0.25, 0.3) is 43.1 Å². The van der Waals surface area contributed by atoms with Crippen molar-refractivity contribution >= 4 is 49.1 Å². The molecule has 11 heteroatoms. The summed E-state index contributed by atoms with van der Waals surface area (Å²) in [6.45, 7) is 3.49. The Hall–Kier alpha value is -4.54. The van der Waals surface area contributed by atoms with Crippen LogP contribution in [0.5, 0.6) is 5.75 Å². The second kappa shape index (κ2) is 10.8. The minimum absolute atomic E-state index is 0.0444. The number of hydrogen-bond acceptors (Lipinski definition) is 2. The highest BCUT2D eigenvalue weighted by Crippen LogP contribution is 2.54. The van der Waals surface area contributed by atoms with Gasteiger partial charge in [-0.1, -0.05) is 48.5 Å². The Morgan fingerprint density at radius 2 is 1.22 bits per heavy atom. The molecule has 2 nitrogen and oxygen atoms in total. The van der Waals surface area contributed by atoms with Gasteiger partial charge in [-0.05, 0) is 99.3 Å². The molecular weight excluding hydrogens is 623 g/mol. The minimum atomic E-state index is -5.70. The molecule has 0 radical (unpaired) electrons. The molecule has 6 aromatic rings. The maximum atomic E-state index is 14.9. The summed E-state index contributed by atoms with van der Waals surface area (Å²) in [4.78, 5) is 12.6. The molecule has 238 valence electrons. The van der Waals surface area contributed by atoms with Crippen LogP contribution in [0.1, 0.15) is 46.2 Å². The fraction of sp³-hybridized carbons (Fsp3) is 0.229. The topological polar surface area (TPSA) is 26.3 Å². The molecular formula is C35H23F9O2. The number of halogens is 9. The van der Waals surface area contributed by atoms with Gasteiger partial charge in [0.2, 0.25) is 0 Å². The zero-order chi connectivity index (χ0) is 33.3. The van der Waals surface area contributed by atoms with Gasteiger partial charge >= 0.3 is 24.5 Å². The van der Waals surface area contributed by atoms with Crippen LogP contribution in [0.2, 0.25) is 0 Å². The van der Waals surface area contributed by atoms with Gasteiger partial charge in [0.1, 0.15) is 5.75 Å². The van der Waals surface area contributed by atoms with E-state index in [1.54, 1.807) is 44.2 Å². The zero-order valence-electron chi connectivity index (χ0n) is 24.2. The fourth-order valence-corrected chi connectivity index (χ4v) is 6.64. The van der Waals surface area contributed by atoms with E-state index in [4.69, 9.17) is 4.74 Å². The average molecular weight is 647 g/mol. The van der Waals surface area contributed by atoms with Gasteiger partial charge in [-0.25, -0.2) is 0 Å². The van der Waals surface area contributed by atoms with Gasteiger partial charge in [0.25, 0.3) is 0 Å². The van der Waals surface area contributed by atoms with Crippen molar-refractivity contribution < 1.29 is 49.0 Å². The summed E-state index contributed by atoms with van der Waals surface area (Å²) < 4.78 is 138. The summed E-state index contributed by atoms with van der Waals surface area (Å²) in [7, 11) is 0. The van der Waals surface area contributed by atoms with Crippen LogP contribution in [0.15, 0.2) is 66.7 Å². The van der Waals surface area contributed by atoms with Crippen molar-refractivity contribution in [2.75, 3.05) is 0 Å². The molecule has 0 heterocycles. The van der Waals surface area contributed by atoms with Crippen LogP contribution in [0, 0.1) is 13.8 Å². The normalized spacial score (nSPS) is 13.0. The summed E-state index contributed by atoms with van der Waals surface area (Å²) >= 11 is 0. The van der Waals surface area contributed by atoms with Crippen LogP contribution < -0.4 is 4.74 Å². The Morgan fingerprint density at radius 3 is 1.80 bits per heavy atom. The number of carbonyl (C=O) groups excluding carboxylic acids is 1. The van der Waals surface area contributed by atoms with Crippen LogP contribution in [-0.4, -0.2) is 5.97 Å². The van der Waals surface area contributed by atoms with Gasteiger partial charge < -0.3 is 4.74 Å². The summed E-state index contributed by atoms with van der Waals surface area (Å²) in [5.41, 5.74) is -5.38. The zero-order valence-corrected chi connectivity index (χ0v) is 24.2. The van der Waals surface area contributed by atoms with Crippen LogP contribution in [0.3, 0.4) is 0 Å². The second-order valence-corrected chi connectivity index (χ2v) is 11.4. The third kappa shape index (κ3) is 5.35. The molecule has 0 N–H and O–H groups in total. The van der Waals surface area contributed by atoms with E-state index < -0.39 is 82.2 Å². The molecule has 0 amide bonds. The second-order valence-electron chi connectivity index (χ2n) is 11.4. The first kappa shape index (κ1) is 31.4. The minimum Gasteiger partial charge on any atom is -0.427 e. The largest absolute Gasteiger partial charge is 0.427 e. The van der Waals surface area contributed by atoms with Crippen LogP contribution >= 0.6 is 0 Å². The standard InChI is InChI=1S/C35H23F9O2/c1-17-14-18(2)16-20(15-17)46-26(45)11-5-10-24-28-25(33(36,37)38)13-12-22-21-8-3-6-19-7-4-9-23(27(19)21)30(29(22)28)32(35(42,43)44)31(24)34(39,40)41/h3-4,6-9,12-16H,5,10-11H2,1-2H3. The van der Waals surface area contributed by atoms with Crippen molar-refractivity contribution in [1.82, 2.24) is 0 Å². The lowest BCUT2D eigenvalue weighted by atomic mass is 9.80. The monoisotopic (exact) mass is 646 g/mol. The molecule has 0 aliphatic carbocycles. The van der Waals surface area contributed by atoms with Gasteiger partial charge in [-0.2, -0.15) is 39.5 Å². The average Bonchev–Trinajstić information content (AvgIpc) is 2.93. The summed E-state index contributed by atoms with van der Waals surface area (Å²) in [6.07, 6.45) is -18.5. The number of benzene rings is 6. The van der Waals surface area contributed by atoms with Gasteiger partial charge in [0.15, 0.2) is 0 Å². The number of esters is 1. The highest BCUT2D eigenvalue weighted by atomic mass is 19.4. The predicted octanol–water partition coefficient (Wildman–Crippen LogP) is 11.3. The maximum absolute atomic E-state index is 14.9. The van der Waals surface area contributed by atoms with E-state index >= 15 is 0 Å². The van der Waals surface area contributed by atoms with E-state index in [1.165, 1.54) is 18.2 Å². The van der Waals surface area contributed by atoms with E-state index in [0.717, 1.165) is 17.2 Å². The lowest BCUT2D eigenvalue weighted by Gasteiger charge is -2.27. The van der Waals surface area contributed by atoms with Crippen molar-refractivity contribution in [3.8, 4) is 5.75 Å². The lowest BCUT2D eigenvalue weighted by molar-refractivity contribution is -0.161. The van der Waals surface area contributed by atoms with E-state index in [-0.39, 0.29) is 21.9 Å². The number of fused-ring (bicyclic) bond motifs is 2. The Labute approximate surface area is 255 Å². The number of carbonyl (C=O) groups is 1. The molecule has 0 unspecified atom stereocenters. The van der Waals surface area contributed by atoms with E-state index in [2.05, 4.69) is 0 Å².